The Hall–Kier alpha value is -7.28. The Labute approximate surface area is 440 Å². The number of thiazole rings is 1. The van der Waals surface area contributed by atoms with Gasteiger partial charge in [-0.15, -0.1) is 11.3 Å². The molecule has 7 aromatic rings. The van der Waals surface area contributed by atoms with Gasteiger partial charge in [-0.2, -0.15) is 5.10 Å². The summed E-state index contributed by atoms with van der Waals surface area (Å²) in [6.45, 7) is 9.64. The van der Waals surface area contributed by atoms with Crippen LogP contribution in [0.3, 0.4) is 0 Å². The molecule has 2 aliphatic rings. The lowest BCUT2D eigenvalue weighted by molar-refractivity contribution is -0.144. The fourth-order valence-corrected chi connectivity index (χ4v) is 10.7. The van der Waals surface area contributed by atoms with Gasteiger partial charge in [-0.3, -0.25) is 24.0 Å². The molecule has 3 aromatic carbocycles. The second-order valence-electron chi connectivity index (χ2n) is 20.8. The van der Waals surface area contributed by atoms with Crippen molar-refractivity contribution in [1.29, 1.82) is 0 Å². The molecule has 2 fully saturated rings. The van der Waals surface area contributed by atoms with E-state index in [9.17, 15) is 29.1 Å². The number of rotatable bonds is 19. The molecule has 18 heteroatoms. The number of fused-ring (bicyclic) bond motifs is 2. The number of unbranched alkanes of at least 4 members (excludes halogenated alkanes) is 3. The van der Waals surface area contributed by atoms with Crippen molar-refractivity contribution in [2.45, 2.75) is 110 Å². The summed E-state index contributed by atoms with van der Waals surface area (Å²) in [5.74, 6) is -0.500. The van der Waals surface area contributed by atoms with E-state index in [0.717, 1.165) is 81.7 Å². The molecule has 2 aliphatic heterocycles. The normalized spacial score (nSPS) is 17.3. The van der Waals surface area contributed by atoms with Crippen molar-refractivity contribution in [3.8, 4) is 33.2 Å². The van der Waals surface area contributed by atoms with Crippen LogP contribution in [0, 0.1) is 12.3 Å². The van der Waals surface area contributed by atoms with Crippen LogP contribution in [0.25, 0.3) is 49.8 Å². The van der Waals surface area contributed by atoms with Gasteiger partial charge in [0.25, 0.3) is 5.91 Å². The number of imidazole rings is 1. The largest absolute Gasteiger partial charge is 0.454 e. The molecule has 5 amide bonds. The van der Waals surface area contributed by atoms with Crippen LogP contribution in [-0.4, -0.2) is 121 Å². The van der Waals surface area contributed by atoms with Crippen LogP contribution in [-0.2, 0) is 25.7 Å². The van der Waals surface area contributed by atoms with Crippen LogP contribution in [0.15, 0.2) is 107 Å². The molecule has 4 atom stereocenters. The quantitative estimate of drug-likeness (QED) is 0.0506. The third-order valence-corrected chi connectivity index (χ3v) is 15.1. The van der Waals surface area contributed by atoms with Crippen LogP contribution in [0.1, 0.15) is 93.8 Å². The van der Waals surface area contributed by atoms with E-state index < -0.39 is 29.5 Å². The minimum Gasteiger partial charge on any atom is -0.454 e. The zero-order valence-electron chi connectivity index (χ0n) is 43.0. The van der Waals surface area contributed by atoms with Crippen LogP contribution < -0.4 is 21.3 Å². The molecule has 5 N–H and O–H groups in total. The lowest BCUT2D eigenvalue weighted by Crippen LogP contribution is -2.57. The molecule has 0 radical (unpaired) electrons. The van der Waals surface area contributed by atoms with E-state index in [1.807, 2.05) is 129 Å². The zero-order chi connectivity index (χ0) is 52.6. The molecule has 4 aromatic heterocycles. The van der Waals surface area contributed by atoms with E-state index in [2.05, 4.69) is 31.2 Å². The first-order valence-corrected chi connectivity index (χ1v) is 26.8. The molecule has 392 valence electrons. The standard InChI is InChI=1S/C57H66N10O7S/c1-36-52(75-35-62-36)39-18-16-37(17-19-39)30-61-54(71)45-29-43(68)34-66(45)56(73)53(57(2,3)4)63-50(69)15-7-5-6-10-26-58-51(70)32-59-42-13-11-27-65(33-42)55(72)40-22-20-38(21-23-40)44-24-25-49-60-31-46(67(49)64-44)48-28-41-12-8-9-14-47(41)74-48/h8-9,12,14,16-25,28,31,35,42-43,45,53,59,68H,5-7,10-11,13,15,26-27,29-30,32-34H2,1-4H3,(H,58,70)(H,61,71)(H,63,69)/t42-,43+,45-,53-/m0/s1. The van der Waals surface area contributed by atoms with Crippen LogP contribution in [0.4, 0.5) is 0 Å². The third kappa shape index (κ3) is 12.8. The number of carbonyl (C=O) groups is 5. The van der Waals surface area contributed by atoms with Gasteiger partial charge in [-0.1, -0.05) is 88.2 Å². The first kappa shape index (κ1) is 52.6. The number of hydrogen-bond donors (Lipinski definition) is 5. The zero-order valence-corrected chi connectivity index (χ0v) is 43.8. The summed E-state index contributed by atoms with van der Waals surface area (Å²) in [6.07, 6.45) is 5.85. The Kier molecular flexibility index (Phi) is 16.5. The summed E-state index contributed by atoms with van der Waals surface area (Å²) in [4.78, 5) is 80.4. The lowest BCUT2D eigenvalue weighted by Gasteiger charge is -2.35. The van der Waals surface area contributed by atoms with Gasteiger partial charge in [-0.25, -0.2) is 14.5 Å². The Morgan fingerprint density at radius 1 is 0.867 bits per heavy atom. The molecule has 0 bridgehead atoms. The molecule has 0 saturated carbocycles. The summed E-state index contributed by atoms with van der Waals surface area (Å²) < 4.78 is 7.86. The van der Waals surface area contributed by atoms with Crippen LogP contribution in [0.5, 0.6) is 0 Å². The Balaban J connectivity index is 0.662. The molecule has 17 nitrogen and oxygen atoms in total. The molecule has 0 aliphatic carbocycles. The van der Waals surface area contributed by atoms with Crippen LogP contribution >= 0.6 is 11.3 Å². The summed E-state index contributed by atoms with van der Waals surface area (Å²) in [6, 6.07) is 27.3. The highest BCUT2D eigenvalue weighted by Gasteiger charge is 2.44. The molecular formula is C57H66N10O7S. The van der Waals surface area contributed by atoms with Gasteiger partial charge in [-0.05, 0) is 85.5 Å². The predicted molar refractivity (Wildman–Crippen MR) is 288 cm³/mol. The number of carbonyl (C=O) groups excluding carboxylic acids is 5. The number of β-amino-alcohol motifs (C(OH)–C–C–N with tert-alkyl or cyclic N) is 1. The number of aryl methyl sites for hydroxylation is 1. The summed E-state index contributed by atoms with van der Waals surface area (Å²) in [5.41, 5.74) is 8.49. The summed E-state index contributed by atoms with van der Waals surface area (Å²) >= 11 is 1.58. The number of nitrogens with one attached hydrogen (secondary N) is 4. The van der Waals surface area contributed by atoms with Crippen molar-refractivity contribution in [2.75, 3.05) is 32.7 Å². The van der Waals surface area contributed by atoms with Crippen LogP contribution in [0.2, 0.25) is 0 Å². The number of benzene rings is 3. The van der Waals surface area contributed by atoms with Crippen molar-refractivity contribution in [3.05, 3.63) is 120 Å². The smallest absolute Gasteiger partial charge is 0.253 e. The van der Waals surface area contributed by atoms with Crippen molar-refractivity contribution < 1.29 is 33.5 Å². The molecular weight excluding hydrogens is 969 g/mol. The van der Waals surface area contributed by atoms with Crippen molar-refractivity contribution in [3.63, 3.8) is 0 Å². The number of piperidine rings is 1. The van der Waals surface area contributed by atoms with Crippen molar-refractivity contribution in [1.82, 2.24) is 50.6 Å². The van der Waals surface area contributed by atoms with Crippen molar-refractivity contribution >= 4 is 57.5 Å². The molecule has 0 unspecified atom stereocenters. The second kappa shape index (κ2) is 23.5. The van der Waals surface area contributed by atoms with Crippen molar-refractivity contribution in [2.24, 2.45) is 5.41 Å². The average Bonchev–Trinajstić information content (AvgIpc) is 4.24. The first-order valence-electron chi connectivity index (χ1n) is 26.0. The van der Waals surface area contributed by atoms with E-state index in [4.69, 9.17) is 9.52 Å². The number of hydrogen-bond acceptors (Lipinski definition) is 12. The van der Waals surface area contributed by atoms with E-state index in [-0.39, 0.29) is 62.1 Å². The fraction of sp³-hybridized carbons (Fsp3) is 0.404. The van der Waals surface area contributed by atoms with E-state index in [1.54, 1.807) is 22.0 Å². The maximum absolute atomic E-state index is 14.0. The topological polar surface area (TPSA) is 216 Å². The Bertz CT molecular complexity index is 3110. The minimum atomic E-state index is -0.896. The number of para-hydroxylation sites is 1. The van der Waals surface area contributed by atoms with Gasteiger partial charge in [0.1, 0.15) is 23.4 Å². The lowest BCUT2D eigenvalue weighted by atomic mass is 9.85. The first-order chi connectivity index (χ1) is 36.2. The van der Waals surface area contributed by atoms with E-state index in [1.165, 1.54) is 4.90 Å². The number of nitrogens with zero attached hydrogens (tertiary/aromatic N) is 6. The van der Waals surface area contributed by atoms with Gasteiger partial charge in [0, 0.05) is 68.1 Å². The monoisotopic (exact) mass is 1030 g/mol. The maximum atomic E-state index is 14.0. The highest BCUT2D eigenvalue weighted by Crippen LogP contribution is 2.31. The van der Waals surface area contributed by atoms with Gasteiger partial charge in [0.2, 0.25) is 23.6 Å². The molecule has 75 heavy (non-hydrogen) atoms. The Morgan fingerprint density at radius 3 is 2.40 bits per heavy atom. The van der Waals surface area contributed by atoms with E-state index in [0.29, 0.717) is 43.0 Å². The summed E-state index contributed by atoms with van der Waals surface area (Å²) in [5, 5.41) is 28.7. The summed E-state index contributed by atoms with van der Waals surface area (Å²) in [7, 11) is 0. The van der Waals surface area contributed by atoms with Gasteiger partial charge in [0.15, 0.2) is 11.4 Å². The number of furan rings is 1. The average molecular weight is 1040 g/mol. The second-order valence-corrected chi connectivity index (χ2v) is 21.6. The highest BCUT2D eigenvalue weighted by molar-refractivity contribution is 7.13. The Morgan fingerprint density at radius 2 is 1.64 bits per heavy atom. The predicted octanol–water partition coefficient (Wildman–Crippen LogP) is 7.31. The SMILES string of the molecule is Cc1ncsc1-c1ccc(CNC(=O)[C@@H]2C[C@@H](O)CN2C(=O)[C@H](NC(=O)CCCCCCNC(=O)CN[C@H]2CCCN(C(=O)c3ccc(-c4ccc5ncc(-c6cc7ccccc7o6)n5n4)cc3)C2)C(C)(C)C)cc1. The number of aliphatic hydroxyl groups is 1. The third-order valence-electron chi connectivity index (χ3n) is 14.1. The number of aliphatic hydroxyl groups excluding tert-OH is 1. The number of amides is 5. The van der Waals surface area contributed by atoms with E-state index >= 15 is 0 Å². The highest BCUT2D eigenvalue weighted by atomic mass is 32.1. The van der Waals surface area contributed by atoms with Gasteiger partial charge < -0.3 is 40.6 Å². The maximum Gasteiger partial charge on any atom is 0.253 e. The molecule has 0 spiro atoms. The molecule has 6 heterocycles. The minimum absolute atomic E-state index is 0.00564. The molecule has 2 saturated heterocycles. The number of aromatic nitrogens is 4. The fourth-order valence-electron chi connectivity index (χ4n) is 9.90. The number of likely N-dealkylation sites (tertiary alicyclic amines) is 2. The van der Waals surface area contributed by atoms with Gasteiger partial charge in [0.05, 0.1) is 40.6 Å². The van der Waals surface area contributed by atoms with Gasteiger partial charge >= 0.3 is 0 Å². The molecule has 9 rings (SSSR count).